The minimum absolute atomic E-state index is 0.0137. The Labute approximate surface area is 84.9 Å². The lowest BCUT2D eigenvalue weighted by Crippen LogP contribution is -2.13. The maximum atomic E-state index is 11.1. The summed E-state index contributed by atoms with van der Waals surface area (Å²) in [6.45, 7) is 1.90. The highest BCUT2D eigenvalue weighted by Gasteiger charge is 2.12. The molecule has 0 amide bonds. The molecule has 0 saturated carbocycles. The van der Waals surface area contributed by atoms with Crippen molar-refractivity contribution in [2.45, 2.75) is 19.8 Å². The summed E-state index contributed by atoms with van der Waals surface area (Å²) in [7, 11) is 1.43. The Morgan fingerprint density at radius 2 is 2.00 bits per heavy atom. The summed E-state index contributed by atoms with van der Waals surface area (Å²) in [6, 6.07) is 10.2. The number of rotatable bonds is 4. The van der Waals surface area contributed by atoms with Crippen molar-refractivity contribution in [1.82, 2.24) is 0 Å². The van der Waals surface area contributed by atoms with Crippen LogP contribution >= 0.6 is 0 Å². The molecule has 1 aromatic carbocycles. The van der Waals surface area contributed by atoms with Gasteiger partial charge in [-0.15, -0.1) is 0 Å². The molecule has 0 bridgehead atoms. The normalized spacial score (nSPS) is 12.1. The molecule has 14 heavy (non-hydrogen) atoms. The minimum atomic E-state index is -0.124. The minimum Gasteiger partial charge on any atom is -0.469 e. The van der Waals surface area contributed by atoms with E-state index in [9.17, 15) is 4.79 Å². The van der Waals surface area contributed by atoms with Crippen molar-refractivity contribution in [3.63, 3.8) is 0 Å². The van der Waals surface area contributed by atoms with E-state index in [0.29, 0.717) is 0 Å². The molecule has 0 aromatic heterocycles. The SMILES string of the molecule is COC(=O)[C@H](C)CCc1ccccc1. The maximum Gasteiger partial charge on any atom is 0.308 e. The van der Waals surface area contributed by atoms with E-state index < -0.39 is 0 Å². The first-order valence-electron chi connectivity index (χ1n) is 4.86. The average molecular weight is 192 g/mol. The summed E-state index contributed by atoms with van der Waals surface area (Å²) in [5, 5.41) is 0. The molecule has 2 nitrogen and oxygen atoms in total. The summed E-state index contributed by atoms with van der Waals surface area (Å²) >= 11 is 0. The van der Waals surface area contributed by atoms with Gasteiger partial charge in [0.1, 0.15) is 0 Å². The zero-order valence-electron chi connectivity index (χ0n) is 8.69. The van der Waals surface area contributed by atoms with Gasteiger partial charge < -0.3 is 4.74 Å². The second kappa shape index (κ2) is 5.43. The predicted molar refractivity (Wildman–Crippen MR) is 55.9 cm³/mol. The van der Waals surface area contributed by atoms with Crippen LogP contribution in [0.3, 0.4) is 0 Å². The Balaban J connectivity index is 2.38. The van der Waals surface area contributed by atoms with Crippen LogP contribution in [-0.4, -0.2) is 13.1 Å². The first-order valence-corrected chi connectivity index (χ1v) is 4.86. The number of carbonyl (C=O) groups is 1. The van der Waals surface area contributed by atoms with Crippen LogP contribution in [0.4, 0.5) is 0 Å². The van der Waals surface area contributed by atoms with Gasteiger partial charge >= 0.3 is 5.97 Å². The number of hydrogen-bond donors (Lipinski definition) is 0. The van der Waals surface area contributed by atoms with Crippen molar-refractivity contribution in [2.24, 2.45) is 5.92 Å². The second-order valence-corrected chi connectivity index (χ2v) is 3.45. The van der Waals surface area contributed by atoms with Crippen LogP contribution < -0.4 is 0 Å². The Morgan fingerprint density at radius 1 is 1.36 bits per heavy atom. The summed E-state index contributed by atoms with van der Waals surface area (Å²) in [4.78, 5) is 11.1. The molecular weight excluding hydrogens is 176 g/mol. The lowest BCUT2D eigenvalue weighted by molar-refractivity contribution is -0.145. The van der Waals surface area contributed by atoms with Crippen LogP contribution in [0, 0.1) is 5.92 Å². The molecular formula is C12H16O2. The molecule has 0 saturated heterocycles. The quantitative estimate of drug-likeness (QED) is 0.685. The number of ether oxygens (including phenoxy) is 1. The van der Waals surface area contributed by atoms with Crippen LogP contribution in [0.1, 0.15) is 18.9 Å². The Hall–Kier alpha value is -1.31. The summed E-state index contributed by atoms with van der Waals surface area (Å²) in [5.41, 5.74) is 1.27. The van der Waals surface area contributed by atoms with Crippen molar-refractivity contribution < 1.29 is 9.53 Å². The van der Waals surface area contributed by atoms with Gasteiger partial charge in [0.05, 0.1) is 13.0 Å². The van der Waals surface area contributed by atoms with Gasteiger partial charge in [-0.3, -0.25) is 4.79 Å². The van der Waals surface area contributed by atoms with Crippen LogP contribution in [0.25, 0.3) is 0 Å². The Morgan fingerprint density at radius 3 is 2.57 bits per heavy atom. The summed E-state index contributed by atoms with van der Waals surface area (Å²) in [5.74, 6) is -0.138. The van der Waals surface area contributed by atoms with E-state index in [4.69, 9.17) is 0 Å². The molecule has 1 atom stereocenters. The molecule has 0 aliphatic carbocycles. The summed E-state index contributed by atoms with van der Waals surface area (Å²) < 4.78 is 4.66. The Bertz CT molecular complexity index is 280. The third-order valence-corrected chi connectivity index (χ3v) is 2.31. The monoisotopic (exact) mass is 192 g/mol. The fourth-order valence-corrected chi connectivity index (χ4v) is 1.35. The number of carbonyl (C=O) groups excluding carboxylic acids is 1. The van der Waals surface area contributed by atoms with Crippen LogP contribution in [0.5, 0.6) is 0 Å². The van der Waals surface area contributed by atoms with Gasteiger partial charge in [-0.05, 0) is 18.4 Å². The molecule has 76 valence electrons. The van der Waals surface area contributed by atoms with Crippen molar-refractivity contribution in [2.75, 3.05) is 7.11 Å². The first-order chi connectivity index (χ1) is 6.74. The second-order valence-electron chi connectivity index (χ2n) is 3.45. The van der Waals surface area contributed by atoms with Crippen molar-refractivity contribution >= 4 is 5.97 Å². The van der Waals surface area contributed by atoms with Crippen molar-refractivity contribution in [3.05, 3.63) is 35.9 Å². The van der Waals surface area contributed by atoms with E-state index in [0.717, 1.165) is 12.8 Å². The van der Waals surface area contributed by atoms with E-state index in [1.165, 1.54) is 12.7 Å². The van der Waals surface area contributed by atoms with Crippen molar-refractivity contribution in [3.8, 4) is 0 Å². The first kappa shape index (κ1) is 10.8. The van der Waals surface area contributed by atoms with Crippen molar-refractivity contribution in [1.29, 1.82) is 0 Å². The number of benzene rings is 1. The van der Waals surface area contributed by atoms with E-state index in [1.54, 1.807) is 0 Å². The van der Waals surface area contributed by atoms with E-state index in [1.807, 2.05) is 25.1 Å². The Kier molecular flexibility index (Phi) is 4.17. The molecule has 1 aromatic rings. The van der Waals surface area contributed by atoms with E-state index in [-0.39, 0.29) is 11.9 Å². The van der Waals surface area contributed by atoms with Crippen LogP contribution in [0.15, 0.2) is 30.3 Å². The van der Waals surface area contributed by atoms with Crippen LogP contribution in [0.2, 0.25) is 0 Å². The van der Waals surface area contributed by atoms with Gasteiger partial charge in [-0.25, -0.2) is 0 Å². The molecule has 0 heterocycles. The molecule has 1 rings (SSSR count). The van der Waals surface area contributed by atoms with Gasteiger partial charge in [0.2, 0.25) is 0 Å². The number of aryl methyl sites for hydroxylation is 1. The molecule has 0 aliphatic heterocycles. The summed E-state index contributed by atoms with van der Waals surface area (Å²) in [6.07, 6.45) is 1.77. The highest BCUT2D eigenvalue weighted by atomic mass is 16.5. The largest absolute Gasteiger partial charge is 0.469 e. The number of hydrogen-bond acceptors (Lipinski definition) is 2. The van der Waals surface area contributed by atoms with Gasteiger partial charge in [-0.2, -0.15) is 0 Å². The zero-order valence-corrected chi connectivity index (χ0v) is 8.69. The highest BCUT2D eigenvalue weighted by Crippen LogP contribution is 2.10. The molecule has 0 unspecified atom stereocenters. The maximum absolute atomic E-state index is 11.1. The third kappa shape index (κ3) is 3.21. The molecule has 0 radical (unpaired) electrons. The molecule has 0 fully saturated rings. The fraction of sp³-hybridized carbons (Fsp3) is 0.417. The van der Waals surface area contributed by atoms with Gasteiger partial charge in [0.15, 0.2) is 0 Å². The topological polar surface area (TPSA) is 26.3 Å². The van der Waals surface area contributed by atoms with Gasteiger partial charge in [-0.1, -0.05) is 37.3 Å². The van der Waals surface area contributed by atoms with Gasteiger partial charge in [0, 0.05) is 0 Å². The molecule has 0 aliphatic rings. The van der Waals surface area contributed by atoms with E-state index in [2.05, 4.69) is 16.9 Å². The van der Waals surface area contributed by atoms with E-state index >= 15 is 0 Å². The average Bonchev–Trinajstić information content (AvgIpc) is 2.26. The lowest BCUT2D eigenvalue weighted by Gasteiger charge is -2.08. The smallest absolute Gasteiger partial charge is 0.308 e. The highest BCUT2D eigenvalue weighted by molar-refractivity contribution is 5.71. The number of methoxy groups -OCH3 is 1. The molecule has 0 N–H and O–H groups in total. The standard InChI is InChI=1S/C12H16O2/c1-10(12(13)14-2)8-9-11-6-4-3-5-7-11/h3-7,10H,8-9H2,1-2H3/t10-/m1/s1. The van der Waals surface area contributed by atoms with Gasteiger partial charge in [0.25, 0.3) is 0 Å². The van der Waals surface area contributed by atoms with Crippen LogP contribution in [-0.2, 0) is 16.0 Å². The fourth-order valence-electron chi connectivity index (χ4n) is 1.35. The lowest BCUT2D eigenvalue weighted by atomic mass is 10.0. The molecule has 0 spiro atoms. The zero-order chi connectivity index (χ0) is 10.4. The number of esters is 1. The third-order valence-electron chi connectivity index (χ3n) is 2.31. The predicted octanol–water partition coefficient (Wildman–Crippen LogP) is 2.43. The molecule has 2 heteroatoms.